The van der Waals surface area contributed by atoms with Gasteiger partial charge in [-0.1, -0.05) is 36.4 Å². The number of esters is 2. The first-order valence-corrected chi connectivity index (χ1v) is 13.9. The number of halogens is 12. The molecular weight excluding hydrogens is 704 g/mol. The van der Waals surface area contributed by atoms with Crippen LogP contribution >= 0.6 is 0 Å². The summed E-state index contributed by atoms with van der Waals surface area (Å²) in [6, 6.07) is 8.09. The second-order valence-electron chi connectivity index (χ2n) is 11.1. The zero-order chi connectivity index (χ0) is 37.2. The third-order valence-corrected chi connectivity index (χ3v) is 7.57. The van der Waals surface area contributed by atoms with Gasteiger partial charge >= 0.3 is 36.6 Å². The molecule has 0 aliphatic heterocycles. The van der Waals surface area contributed by atoms with Crippen molar-refractivity contribution in [3.8, 4) is 0 Å². The van der Waals surface area contributed by atoms with Gasteiger partial charge < -0.3 is 20.1 Å². The number of carbonyl (C=O) groups is 2. The summed E-state index contributed by atoms with van der Waals surface area (Å²) in [4.78, 5) is 25.7. The van der Waals surface area contributed by atoms with Crippen molar-refractivity contribution < 1.29 is 71.7 Å². The number of hydrogen-bond donors (Lipinski definition) is 2. The number of alkyl halides is 12. The van der Waals surface area contributed by atoms with Crippen LogP contribution in [-0.4, -0.2) is 11.9 Å². The summed E-state index contributed by atoms with van der Waals surface area (Å²) in [7, 11) is 0. The molecule has 266 valence electrons. The van der Waals surface area contributed by atoms with Crippen LogP contribution in [0.1, 0.15) is 47.2 Å². The molecule has 18 heteroatoms. The predicted octanol–water partition coefficient (Wildman–Crippen LogP) is 9.58. The number of benzene rings is 4. The first-order valence-electron chi connectivity index (χ1n) is 13.9. The van der Waals surface area contributed by atoms with Crippen LogP contribution in [0.25, 0.3) is 10.8 Å². The standard InChI is InChI=1S/C32H20F12N2O4/c1-15(47)49-27(45-22-11-18(29(33,34)35)9-19(12-22)30(36,37)38)24-7-3-5-17-6-4-8-25(26(17)24)28(27,50-16(2)48)46-23-13-20(31(39,40)41)10-21(14-23)32(42,43)44/h3-14,45-46H,1-2H3. The van der Waals surface area contributed by atoms with E-state index in [1.54, 1.807) is 0 Å². The van der Waals surface area contributed by atoms with Gasteiger partial charge in [-0.15, -0.1) is 0 Å². The fraction of sp³-hybridized carbons (Fsp3) is 0.250. The maximum atomic E-state index is 13.9. The lowest BCUT2D eigenvalue weighted by atomic mass is 9.92. The lowest BCUT2D eigenvalue weighted by Gasteiger charge is -2.46. The Balaban J connectivity index is 1.91. The molecule has 0 bridgehead atoms. The van der Waals surface area contributed by atoms with E-state index < -0.39 is 81.7 Å². The van der Waals surface area contributed by atoms with Crippen molar-refractivity contribution in [1.29, 1.82) is 0 Å². The SMILES string of the molecule is CC(=O)OC1(Nc2cc(C(F)(F)F)cc(C(F)(F)F)c2)c2cccc3cccc(c23)C1(Nc1cc(C(F)(F)F)cc(C(F)(F)F)c1)OC(C)=O. The van der Waals surface area contributed by atoms with Crippen LogP contribution in [0.3, 0.4) is 0 Å². The van der Waals surface area contributed by atoms with Crippen LogP contribution in [0.2, 0.25) is 0 Å². The van der Waals surface area contributed by atoms with Gasteiger partial charge in [-0.25, -0.2) is 0 Å². The van der Waals surface area contributed by atoms with E-state index in [1.807, 2.05) is 0 Å². The number of ether oxygens (including phenoxy) is 2. The average molecular weight is 724 g/mol. The Hall–Kier alpha value is -5.16. The molecule has 0 fully saturated rings. The predicted molar refractivity (Wildman–Crippen MR) is 151 cm³/mol. The molecule has 0 aromatic heterocycles. The molecule has 4 aromatic carbocycles. The second-order valence-corrected chi connectivity index (χ2v) is 11.1. The molecule has 0 amide bonds. The highest BCUT2D eigenvalue weighted by Gasteiger charge is 2.66. The molecule has 2 atom stereocenters. The fourth-order valence-corrected chi connectivity index (χ4v) is 5.81. The first kappa shape index (κ1) is 36.1. The third kappa shape index (κ3) is 6.45. The molecule has 2 N–H and O–H groups in total. The largest absolute Gasteiger partial charge is 0.428 e. The fourth-order valence-electron chi connectivity index (χ4n) is 5.81. The number of hydrogen-bond acceptors (Lipinski definition) is 6. The summed E-state index contributed by atoms with van der Waals surface area (Å²) < 4.78 is 178. The monoisotopic (exact) mass is 724 g/mol. The minimum absolute atomic E-state index is 0.0384. The highest BCUT2D eigenvalue weighted by Crippen LogP contribution is 2.57. The van der Waals surface area contributed by atoms with Gasteiger partial charge in [0.05, 0.1) is 22.3 Å². The van der Waals surface area contributed by atoms with Crippen molar-refractivity contribution in [1.82, 2.24) is 0 Å². The molecule has 2 unspecified atom stereocenters. The Labute approximate surface area is 273 Å². The molecule has 0 spiro atoms. The summed E-state index contributed by atoms with van der Waals surface area (Å²) in [5.41, 5.74) is -16.2. The molecule has 0 saturated carbocycles. The maximum Gasteiger partial charge on any atom is 0.416 e. The topological polar surface area (TPSA) is 76.7 Å². The van der Waals surface area contributed by atoms with Gasteiger partial charge in [0, 0.05) is 41.7 Å². The van der Waals surface area contributed by atoms with E-state index >= 15 is 0 Å². The van der Waals surface area contributed by atoms with Gasteiger partial charge in [0.25, 0.3) is 11.4 Å². The third-order valence-electron chi connectivity index (χ3n) is 7.57. The van der Waals surface area contributed by atoms with Gasteiger partial charge in [0.15, 0.2) is 0 Å². The van der Waals surface area contributed by atoms with Crippen molar-refractivity contribution in [3.63, 3.8) is 0 Å². The lowest BCUT2D eigenvalue weighted by molar-refractivity contribution is -0.202. The molecule has 50 heavy (non-hydrogen) atoms. The number of rotatable bonds is 6. The van der Waals surface area contributed by atoms with E-state index in [-0.39, 0.29) is 58.3 Å². The Morgan fingerprint density at radius 3 is 1.08 bits per heavy atom. The molecule has 0 saturated heterocycles. The Bertz CT molecular complexity index is 1800. The molecule has 0 radical (unpaired) electrons. The molecule has 6 nitrogen and oxygen atoms in total. The molecule has 4 aromatic rings. The highest BCUT2D eigenvalue weighted by atomic mass is 19.4. The van der Waals surface area contributed by atoms with Crippen LogP contribution < -0.4 is 10.6 Å². The Kier molecular flexibility index (Phi) is 8.47. The van der Waals surface area contributed by atoms with Gasteiger partial charge in [-0.2, -0.15) is 52.7 Å². The lowest BCUT2D eigenvalue weighted by Crippen LogP contribution is -2.60. The van der Waals surface area contributed by atoms with E-state index in [1.165, 1.54) is 24.3 Å². The smallest absolute Gasteiger partial charge is 0.416 e. The maximum absolute atomic E-state index is 13.9. The van der Waals surface area contributed by atoms with E-state index in [4.69, 9.17) is 9.47 Å². The minimum atomic E-state index is -5.39. The van der Waals surface area contributed by atoms with Crippen molar-refractivity contribution in [2.45, 2.75) is 50.0 Å². The number of anilines is 2. The van der Waals surface area contributed by atoms with Crippen LogP contribution in [-0.2, 0) is 55.2 Å². The van der Waals surface area contributed by atoms with Crippen molar-refractivity contribution in [3.05, 3.63) is 106 Å². The summed E-state index contributed by atoms with van der Waals surface area (Å²) in [6.07, 6.45) is -21.5. The van der Waals surface area contributed by atoms with Gasteiger partial charge in [-0.3, -0.25) is 9.59 Å². The van der Waals surface area contributed by atoms with Crippen LogP contribution in [0, 0.1) is 0 Å². The van der Waals surface area contributed by atoms with Crippen molar-refractivity contribution in [2.24, 2.45) is 0 Å². The quantitative estimate of drug-likeness (QED) is 0.117. The molecule has 5 rings (SSSR count). The Morgan fingerprint density at radius 1 is 0.520 bits per heavy atom. The van der Waals surface area contributed by atoms with Crippen LogP contribution in [0.4, 0.5) is 64.1 Å². The summed E-state index contributed by atoms with van der Waals surface area (Å²) in [5, 5.41) is 4.77. The summed E-state index contributed by atoms with van der Waals surface area (Å²) in [5.74, 6) is -2.66. The minimum Gasteiger partial charge on any atom is -0.428 e. The Morgan fingerprint density at radius 2 is 0.820 bits per heavy atom. The average Bonchev–Trinajstić information content (AvgIpc) is 3.16. The van der Waals surface area contributed by atoms with Crippen LogP contribution in [0.5, 0.6) is 0 Å². The number of nitrogens with one attached hydrogen (secondary N) is 2. The van der Waals surface area contributed by atoms with Crippen molar-refractivity contribution in [2.75, 3.05) is 10.6 Å². The van der Waals surface area contributed by atoms with E-state index in [0.717, 1.165) is 26.0 Å². The first-order chi connectivity index (χ1) is 22.9. The number of carbonyl (C=O) groups excluding carboxylic acids is 2. The summed E-state index contributed by atoms with van der Waals surface area (Å²) in [6.45, 7) is 1.48. The summed E-state index contributed by atoms with van der Waals surface area (Å²) >= 11 is 0. The zero-order valence-electron chi connectivity index (χ0n) is 25.1. The van der Waals surface area contributed by atoms with Crippen LogP contribution in [0.15, 0.2) is 72.8 Å². The van der Waals surface area contributed by atoms with Gasteiger partial charge in [0.1, 0.15) is 0 Å². The van der Waals surface area contributed by atoms with E-state index in [2.05, 4.69) is 10.6 Å². The van der Waals surface area contributed by atoms with Crippen molar-refractivity contribution >= 4 is 34.1 Å². The molecular formula is C32H20F12N2O4. The zero-order valence-corrected chi connectivity index (χ0v) is 25.1. The highest BCUT2D eigenvalue weighted by molar-refractivity contribution is 5.95. The molecule has 1 aliphatic carbocycles. The molecule has 0 heterocycles. The normalized spacial score (nSPS) is 19.3. The van der Waals surface area contributed by atoms with Gasteiger partial charge in [0.2, 0.25) is 0 Å². The van der Waals surface area contributed by atoms with E-state index in [0.29, 0.717) is 0 Å². The van der Waals surface area contributed by atoms with Gasteiger partial charge in [-0.05, 0) is 41.8 Å². The molecule has 1 aliphatic rings. The second kappa shape index (κ2) is 11.7. The van der Waals surface area contributed by atoms with E-state index in [9.17, 15) is 62.3 Å².